The highest BCUT2D eigenvalue weighted by molar-refractivity contribution is 5.53. The minimum Gasteiger partial charge on any atom is -0.334 e. The zero-order chi connectivity index (χ0) is 13.9. The first-order valence-corrected chi connectivity index (χ1v) is 6.77. The lowest BCUT2D eigenvalue weighted by atomic mass is 10.1. The number of benzene rings is 1. The molecule has 1 atom stereocenters. The van der Waals surface area contributed by atoms with Crippen molar-refractivity contribution in [2.75, 3.05) is 6.54 Å². The van der Waals surface area contributed by atoms with Crippen LogP contribution in [0.15, 0.2) is 22.7 Å². The van der Waals surface area contributed by atoms with Gasteiger partial charge in [0.2, 0.25) is 0 Å². The minimum atomic E-state index is -0.962. The van der Waals surface area contributed by atoms with Crippen LogP contribution in [-0.4, -0.2) is 16.7 Å². The number of rotatable bonds is 2. The van der Waals surface area contributed by atoms with Crippen molar-refractivity contribution in [2.24, 2.45) is 0 Å². The second kappa shape index (κ2) is 5.66. The van der Waals surface area contributed by atoms with Crippen molar-refractivity contribution in [3.8, 4) is 11.5 Å². The predicted octanol–water partition coefficient (Wildman–Crippen LogP) is 3.22. The van der Waals surface area contributed by atoms with Crippen LogP contribution >= 0.6 is 0 Å². The molecule has 0 saturated carbocycles. The molecule has 0 amide bonds. The van der Waals surface area contributed by atoms with Gasteiger partial charge >= 0.3 is 0 Å². The van der Waals surface area contributed by atoms with E-state index in [2.05, 4.69) is 15.5 Å². The highest BCUT2D eigenvalue weighted by Crippen LogP contribution is 2.26. The summed E-state index contributed by atoms with van der Waals surface area (Å²) in [5, 5.41) is 7.23. The molecule has 106 valence electrons. The molecule has 2 heterocycles. The van der Waals surface area contributed by atoms with Gasteiger partial charge in [0.25, 0.3) is 5.89 Å². The third kappa shape index (κ3) is 2.56. The van der Waals surface area contributed by atoms with Gasteiger partial charge in [0.1, 0.15) is 0 Å². The van der Waals surface area contributed by atoms with Gasteiger partial charge in [0.05, 0.1) is 11.6 Å². The summed E-state index contributed by atoms with van der Waals surface area (Å²) in [4.78, 5) is 4.20. The smallest absolute Gasteiger partial charge is 0.261 e. The molecule has 3 rings (SSSR count). The lowest BCUT2D eigenvalue weighted by molar-refractivity contribution is 0.400. The molecule has 0 radical (unpaired) electrons. The van der Waals surface area contributed by atoms with E-state index in [1.807, 2.05) is 0 Å². The molecule has 1 saturated heterocycles. The van der Waals surface area contributed by atoms with E-state index in [9.17, 15) is 8.78 Å². The van der Waals surface area contributed by atoms with Crippen LogP contribution in [0.4, 0.5) is 8.78 Å². The summed E-state index contributed by atoms with van der Waals surface area (Å²) in [5.74, 6) is -1.36. The normalized spacial score (nSPS) is 19.8. The average Bonchev–Trinajstić information content (AvgIpc) is 2.77. The Kier molecular flexibility index (Phi) is 3.73. The first-order valence-electron chi connectivity index (χ1n) is 6.77. The summed E-state index contributed by atoms with van der Waals surface area (Å²) in [7, 11) is 0. The number of aromatic nitrogens is 2. The Hall–Kier alpha value is -1.82. The third-order valence-corrected chi connectivity index (χ3v) is 3.50. The summed E-state index contributed by atoms with van der Waals surface area (Å²) >= 11 is 0. The molecule has 0 bridgehead atoms. The fourth-order valence-corrected chi connectivity index (χ4v) is 2.40. The van der Waals surface area contributed by atoms with Crippen molar-refractivity contribution in [3.05, 3.63) is 35.7 Å². The number of hydrogen-bond acceptors (Lipinski definition) is 4. The molecular formula is C14H15F2N3O. The summed E-state index contributed by atoms with van der Waals surface area (Å²) in [5.41, 5.74) is -0.00243. The van der Waals surface area contributed by atoms with Crippen LogP contribution in [0.5, 0.6) is 0 Å². The summed E-state index contributed by atoms with van der Waals surface area (Å²) < 4.78 is 32.0. The molecule has 1 aromatic heterocycles. The van der Waals surface area contributed by atoms with Crippen LogP contribution in [0.3, 0.4) is 0 Å². The van der Waals surface area contributed by atoms with Gasteiger partial charge in [-0.25, -0.2) is 8.78 Å². The number of hydrogen-bond donors (Lipinski definition) is 1. The quantitative estimate of drug-likeness (QED) is 0.917. The van der Waals surface area contributed by atoms with Gasteiger partial charge in [-0.05, 0) is 31.5 Å². The van der Waals surface area contributed by atoms with Crippen molar-refractivity contribution in [2.45, 2.75) is 31.7 Å². The second-order valence-corrected chi connectivity index (χ2v) is 4.92. The van der Waals surface area contributed by atoms with Gasteiger partial charge in [-0.1, -0.05) is 24.1 Å². The minimum absolute atomic E-state index is 0.00243. The molecule has 1 aromatic carbocycles. The Labute approximate surface area is 115 Å². The second-order valence-electron chi connectivity index (χ2n) is 4.92. The average molecular weight is 279 g/mol. The summed E-state index contributed by atoms with van der Waals surface area (Å²) in [6, 6.07) is 3.92. The van der Waals surface area contributed by atoms with Gasteiger partial charge in [0.15, 0.2) is 17.5 Å². The maximum atomic E-state index is 13.7. The van der Waals surface area contributed by atoms with E-state index in [0.29, 0.717) is 5.82 Å². The lowest BCUT2D eigenvalue weighted by Crippen LogP contribution is -2.21. The van der Waals surface area contributed by atoms with Gasteiger partial charge in [0, 0.05) is 0 Å². The van der Waals surface area contributed by atoms with Gasteiger partial charge in [-0.15, -0.1) is 0 Å². The zero-order valence-corrected chi connectivity index (χ0v) is 10.9. The van der Waals surface area contributed by atoms with Crippen LogP contribution in [0.1, 0.15) is 37.5 Å². The SMILES string of the molecule is Fc1cccc(-c2nc(C3CCCCCN3)no2)c1F. The molecule has 1 N–H and O–H groups in total. The van der Waals surface area contributed by atoms with E-state index in [1.54, 1.807) is 0 Å². The highest BCUT2D eigenvalue weighted by Gasteiger charge is 2.21. The van der Waals surface area contributed by atoms with E-state index in [1.165, 1.54) is 18.6 Å². The van der Waals surface area contributed by atoms with Crippen LogP contribution in [0, 0.1) is 11.6 Å². The van der Waals surface area contributed by atoms with Gasteiger partial charge in [-0.2, -0.15) is 4.98 Å². The molecule has 1 fully saturated rings. The first-order chi connectivity index (χ1) is 9.75. The number of halogens is 2. The Morgan fingerprint density at radius 3 is 3.00 bits per heavy atom. The Morgan fingerprint density at radius 1 is 1.20 bits per heavy atom. The zero-order valence-electron chi connectivity index (χ0n) is 10.9. The number of nitrogens with one attached hydrogen (secondary N) is 1. The van der Waals surface area contributed by atoms with Crippen molar-refractivity contribution >= 4 is 0 Å². The van der Waals surface area contributed by atoms with Crippen LogP contribution in [0.25, 0.3) is 11.5 Å². The van der Waals surface area contributed by atoms with E-state index in [0.717, 1.165) is 31.9 Å². The molecule has 1 aliphatic rings. The summed E-state index contributed by atoms with van der Waals surface area (Å²) in [6.07, 6.45) is 4.31. The van der Waals surface area contributed by atoms with Crippen molar-refractivity contribution < 1.29 is 13.3 Å². The maximum absolute atomic E-state index is 13.7. The van der Waals surface area contributed by atoms with E-state index in [-0.39, 0.29) is 17.5 Å². The Balaban J connectivity index is 1.87. The third-order valence-electron chi connectivity index (χ3n) is 3.50. The summed E-state index contributed by atoms with van der Waals surface area (Å²) in [6.45, 7) is 0.906. The highest BCUT2D eigenvalue weighted by atomic mass is 19.2. The molecular weight excluding hydrogens is 264 g/mol. The van der Waals surface area contributed by atoms with Gasteiger partial charge in [-0.3, -0.25) is 0 Å². The van der Waals surface area contributed by atoms with Crippen molar-refractivity contribution in [1.82, 2.24) is 15.5 Å². The van der Waals surface area contributed by atoms with E-state index < -0.39 is 11.6 Å². The topological polar surface area (TPSA) is 51.0 Å². The fraction of sp³-hybridized carbons (Fsp3) is 0.429. The molecule has 6 heteroatoms. The largest absolute Gasteiger partial charge is 0.334 e. The van der Waals surface area contributed by atoms with E-state index in [4.69, 9.17) is 4.52 Å². The standard InChI is InChI=1S/C14H15F2N3O/c15-10-6-4-5-9(12(10)16)14-18-13(19-20-14)11-7-2-1-3-8-17-11/h4-6,11,17H,1-3,7-8H2. The molecule has 2 aromatic rings. The van der Waals surface area contributed by atoms with Crippen LogP contribution in [0.2, 0.25) is 0 Å². The Bertz CT molecular complexity index is 592. The molecule has 4 nitrogen and oxygen atoms in total. The van der Waals surface area contributed by atoms with Gasteiger partial charge < -0.3 is 9.84 Å². The molecule has 1 aliphatic heterocycles. The molecule has 0 aliphatic carbocycles. The Morgan fingerprint density at radius 2 is 2.10 bits per heavy atom. The molecule has 20 heavy (non-hydrogen) atoms. The van der Waals surface area contributed by atoms with Crippen LogP contribution in [-0.2, 0) is 0 Å². The lowest BCUT2D eigenvalue weighted by Gasteiger charge is -2.09. The van der Waals surface area contributed by atoms with Crippen LogP contribution < -0.4 is 5.32 Å². The first kappa shape index (κ1) is 13.2. The maximum Gasteiger partial charge on any atom is 0.261 e. The molecule has 1 unspecified atom stereocenters. The molecule has 0 spiro atoms. The monoisotopic (exact) mass is 279 g/mol. The number of nitrogens with zero attached hydrogens (tertiary/aromatic N) is 2. The fourth-order valence-electron chi connectivity index (χ4n) is 2.40. The van der Waals surface area contributed by atoms with Crippen molar-refractivity contribution in [1.29, 1.82) is 0 Å². The van der Waals surface area contributed by atoms with Crippen molar-refractivity contribution in [3.63, 3.8) is 0 Å². The predicted molar refractivity (Wildman–Crippen MR) is 68.9 cm³/mol. The van der Waals surface area contributed by atoms with E-state index >= 15 is 0 Å².